The maximum atomic E-state index is 13.5. The lowest BCUT2D eigenvalue weighted by Gasteiger charge is -2.34. The smallest absolute Gasteiger partial charge is 0.254 e. The molecule has 170 valence electrons. The van der Waals surface area contributed by atoms with Gasteiger partial charge in [0, 0.05) is 35.1 Å². The largest absolute Gasteiger partial charge is 0.326 e. The van der Waals surface area contributed by atoms with E-state index in [0.717, 1.165) is 61.6 Å². The Balaban J connectivity index is 1.52. The number of pyridine rings is 1. The van der Waals surface area contributed by atoms with E-state index < -0.39 is 17.5 Å². The number of benzene rings is 2. The Kier molecular flexibility index (Phi) is 7.07. The SMILES string of the molecule is O=C(CN(C(=O)c1ccc(-c2ccccn2)cc1)C1CCCCC1)Nc1cc(F)cc(F)c1. The first-order chi connectivity index (χ1) is 16.0. The van der Waals surface area contributed by atoms with Crippen LogP contribution in [0.2, 0.25) is 0 Å². The third kappa shape index (κ3) is 5.80. The molecule has 0 atom stereocenters. The first kappa shape index (κ1) is 22.6. The number of nitrogens with one attached hydrogen (secondary N) is 1. The molecule has 0 radical (unpaired) electrons. The van der Waals surface area contributed by atoms with Gasteiger partial charge in [-0.2, -0.15) is 0 Å². The van der Waals surface area contributed by atoms with Crippen LogP contribution in [0.1, 0.15) is 42.5 Å². The number of nitrogens with zero attached hydrogens (tertiary/aromatic N) is 2. The average molecular weight is 450 g/mol. The molecule has 1 heterocycles. The maximum absolute atomic E-state index is 13.5. The molecule has 5 nitrogen and oxygen atoms in total. The van der Waals surface area contributed by atoms with Crippen molar-refractivity contribution < 1.29 is 18.4 Å². The van der Waals surface area contributed by atoms with E-state index in [1.165, 1.54) is 0 Å². The van der Waals surface area contributed by atoms with Crippen LogP contribution in [-0.2, 0) is 4.79 Å². The predicted molar refractivity (Wildman–Crippen MR) is 123 cm³/mol. The zero-order valence-electron chi connectivity index (χ0n) is 18.1. The molecule has 3 aromatic rings. The fourth-order valence-electron chi connectivity index (χ4n) is 4.22. The number of halogens is 2. The van der Waals surface area contributed by atoms with Crippen LogP contribution < -0.4 is 5.32 Å². The Morgan fingerprint density at radius 3 is 2.27 bits per heavy atom. The molecule has 1 aliphatic rings. The minimum Gasteiger partial charge on any atom is -0.326 e. The maximum Gasteiger partial charge on any atom is 0.254 e. The van der Waals surface area contributed by atoms with Gasteiger partial charge in [0.1, 0.15) is 18.2 Å². The van der Waals surface area contributed by atoms with Gasteiger partial charge < -0.3 is 10.2 Å². The zero-order chi connectivity index (χ0) is 23.2. The Hall–Kier alpha value is -3.61. The molecule has 1 aromatic heterocycles. The van der Waals surface area contributed by atoms with Crippen molar-refractivity contribution in [2.75, 3.05) is 11.9 Å². The Labute approximate surface area is 191 Å². The molecule has 33 heavy (non-hydrogen) atoms. The fourth-order valence-corrected chi connectivity index (χ4v) is 4.22. The van der Waals surface area contributed by atoms with Crippen LogP contribution in [0.4, 0.5) is 14.5 Å². The van der Waals surface area contributed by atoms with Crippen molar-refractivity contribution in [2.45, 2.75) is 38.1 Å². The molecule has 1 aliphatic carbocycles. The third-order valence-corrected chi connectivity index (χ3v) is 5.83. The number of amides is 2. The van der Waals surface area contributed by atoms with Crippen molar-refractivity contribution in [3.8, 4) is 11.3 Å². The van der Waals surface area contributed by atoms with Gasteiger partial charge in [-0.15, -0.1) is 0 Å². The lowest BCUT2D eigenvalue weighted by molar-refractivity contribution is -0.117. The van der Waals surface area contributed by atoms with Crippen LogP contribution in [0.15, 0.2) is 66.9 Å². The van der Waals surface area contributed by atoms with Gasteiger partial charge in [0.15, 0.2) is 0 Å². The molecule has 0 bridgehead atoms. The van der Waals surface area contributed by atoms with Gasteiger partial charge in [0.2, 0.25) is 5.91 Å². The van der Waals surface area contributed by atoms with Gasteiger partial charge in [-0.05, 0) is 49.2 Å². The monoisotopic (exact) mass is 449 g/mol. The van der Waals surface area contributed by atoms with E-state index in [2.05, 4.69) is 10.3 Å². The van der Waals surface area contributed by atoms with E-state index >= 15 is 0 Å². The summed E-state index contributed by atoms with van der Waals surface area (Å²) in [4.78, 5) is 32.0. The van der Waals surface area contributed by atoms with Crippen molar-refractivity contribution in [3.05, 3.63) is 84.1 Å². The normalized spacial score (nSPS) is 14.0. The van der Waals surface area contributed by atoms with Crippen molar-refractivity contribution >= 4 is 17.5 Å². The van der Waals surface area contributed by atoms with E-state index in [-0.39, 0.29) is 24.2 Å². The fraction of sp³-hybridized carbons (Fsp3) is 0.269. The van der Waals surface area contributed by atoms with Crippen LogP contribution in [0.5, 0.6) is 0 Å². The molecule has 2 amide bonds. The van der Waals surface area contributed by atoms with Gasteiger partial charge in [0.05, 0.1) is 5.69 Å². The van der Waals surface area contributed by atoms with E-state index in [1.54, 1.807) is 23.2 Å². The third-order valence-electron chi connectivity index (χ3n) is 5.83. The molecular weight excluding hydrogens is 424 g/mol. The molecule has 1 fully saturated rings. The second-order valence-corrected chi connectivity index (χ2v) is 8.22. The Morgan fingerprint density at radius 2 is 1.64 bits per heavy atom. The minimum absolute atomic E-state index is 0.0215. The van der Waals surface area contributed by atoms with Gasteiger partial charge in [-0.25, -0.2) is 8.78 Å². The van der Waals surface area contributed by atoms with Crippen LogP contribution in [-0.4, -0.2) is 34.3 Å². The van der Waals surface area contributed by atoms with Crippen molar-refractivity contribution in [3.63, 3.8) is 0 Å². The summed E-state index contributed by atoms with van der Waals surface area (Å²) >= 11 is 0. The van der Waals surface area contributed by atoms with Crippen LogP contribution in [0, 0.1) is 11.6 Å². The molecule has 1 saturated carbocycles. The molecule has 2 aromatic carbocycles. The highest BCUT2D eigenvalue weighted by molar-refractivity contribution is 5.99. The quantitative estimate of drug-likeness (QED) is 0.545. The highest BCUT2D eigenvalue weighted by atomic mass is 19.1. The Bertz CT molecular complexity index is 1090. The summed E-state index contributed by atoms with van der Waals surface area (Å²) in [6, 6.07) is 15.6. The number of rotatable bonds is 6. The second-order valence-electron chi connectivity index (χ2n) is 8.22. The Morgan fingerprint density at radius 1 is 0.939 bits per heavy atom. The van der Waals surface area contributed by atoms with Gasteiger partial charge in [-0.3, -0.25) is 14.6 Å². The standard InChI is InChI=1S/C26H25F2N3O2/c27-20-14-21(28)16-22(15-20)30-25(32)17-31(23-6-2-1-3-7-23)26(33)19-11-9-18(10-12-19)24-8-4-5-13-29-24/h4-5,8-16,23H,1-3,6-7,17H2,(H,30,32). The lowest BCUT2D eigenvalue weighted by Crippen LogP contribution is -2.45. The number of anilines is 1. The second kappa shape index (κ2) is 10.3. The molecule has 7 heteroatoms. The van der Waals surface area contributed by atoms with Crippen LogP contribution >= 0.6 is 0 Å². The molecule has 0 unspecified atom stereocenters. The molecule has 0 aliphatic heterocycles. The van der Waals surface area contributed by atoms with Crippen molar-refractivity contribution in [1.82, 2.24) is 9.88 Å². The summed E-state index contributed by atoms with van der Waals surface area (Å²) in [7, 11) is 0. The molecule has 0 spiro atoms. The predicted octanol–water partition coefficient (Wildman–Crippen LogP) is 5.44. The van der Waals surface area contributed by atoms with Gasteiger partial charge >= 0.3 is 0 Å². The average Bonchev–Trinajstić information content (AvgIpc) is 2.83. The summed E-state index contributed by atoms with van der Waals surface area (Å²) < 4.78 is 27.0. The summed E-state index contributed by atoms with van der Waals surface area (Å²) in [5.41, 5.74) is 2.20. The topological polar surface area (TPSA) is 62.3 Å². The van der Waals surface area contributed by atoms with E-state index in [4.69, 9.17) is 0 Å². The molecule has 4 rings (SSSR count). The number of hydrogen-bond donors (Lipinski definition) is 1. The lowest BCUT2D eigenvalue weighted by atomic mass is 9.93. The van der Waals surface area contributed by atoms with E-state index in [1.807, 2.05) is 30.3 Å². The van der Waals surface area contributed by atoms with Crippen molar-refractivity contribution in [1.29, 1.82) is 0 Å². The van der Waals surface area contributed by atoms with Crippen molar-refractivity contribution in [2.24, 2.45) is 0 Å². The minimum atomic E-state index is -0.779. The first-order valence-corrected chi connectivity index (χ1v) is 11.1. The highest BCUT2D eigenvalue weighted by Gasteiger charge is 2.28. The number of hydrogen-bond acceptors (Lipinski definition) is 3. The number of carbonyl (C=O) groups is 2. The zero-order valence-corrected chi connectivity index (χ0v) is 18.1. The molecule has 0 saturated heterocycles. The van der Waals surface area contributed by atoms with Crippen LogP contribution in [0.25, 0.3) is 11.3 Å². The van der Waals surface area contributed by atoms with Crippen LogP contribution in [0.3, 0.4) is 0 Å². The summed E-state index contributed by atoms with van der Waals surface area (Å²) in [6.45, 7) is -0.191. The van der Waals surface area contributed by atoms with E-state index in [0.29, 0.717) is 5.56 Å². The molecular formula is C26H25F2N3O2. The highest BCUT2D eigenvalue weighted by Crippen LogP contribution is 2.25. The molecule has 1 N–H and O–H groups in total. The van der Waals surface area contributed by atoms with Gasteiger partial charge in [-0.1, -0.05) is 37.5 Å². The van der Waals surface area contributed by atoms with E-state index in [9.17, 15) is 18.4 Å². The summed E-state index contributed by atoms with van der Waals surface area (Å²) in [5, 5.41) is 2.51. The number of aromatic nitrogens is 1. The first-order valence-electron chi connectivity index (χ1n) is 11.1. The summed E-state index contributed by atoms with van der Waals surface area (Å²) in [6.07, 6.45) is 6.43. The number of carbonyl (C=O) groups excluding carboxylic acids is 2. The summed E-state index contributed by atoms with van der Waals surface area (Å²) in [5.74, 6) is -2.30. The van der Waals surface area contributed by atoms with Gasteiger partial charge in [0.25, 0.3) is 5.91 Å².